The van der Waals surface area contributed by atoms with E-state index < -0.39 is 0 Å². The lowest BCUT2D eigenvalue weighted by atomic mass is 9.92. The zero-order chi connectivity index (χ0) is 19.4. The van der Waals surface area contributed by atoms with Crippen LogP contribution in [0, 0.1) is 0 Å². The van der Waals surface area contributed by atoms with Gasteiger partial charge in [0.15, 0.2) is 0 Å². The van der Waals surface area contributed by atoms with Crippen molar-refractivity contribution in [2.75, 3.05) is 0 Å². The highest BCUT2D eigenvalue weighted by Gasteiger charge is 2.14. The molecule has 0 saturated heterocycles. The van der Waals surface area contributed by atoms with Gasteiger partial charge in [-0.1, -0.05) is 50.9 Å². The van der Waals surface area contributed by atoms with Gasteiger partial charge in [-0.3, -0.25) is 4.79 Å². The van der Waals surface area contributed by atoms with E-state index >= 15 is 0 Å². The lowest BCUT2D eigenvalue weighted by Gasteiger charge is -2.16. The minimum atomic E-state index is -0.383. The van der Waals surface area contributed by atoms with Crippen LogP contribution in [0.4, 0.5) is 0 Å². The molecule has 4 nitrogen and oxygen atoms in total. The van der Waals surface area contributed by atoms with Gasteiger partial charge in [0.25, 0.3) is 5.91 Å². The molecular formula is C20H22Cl2N2O2. The molecule has 0 atom stereocenters. The number of hydrazone groups is 1. The zero-order valence-corrected chi connectivity index (χ0v) is 16.7. The van der Waals surface area contributed by atoms with Crippen molar-refractivity contribution in [3.05, 3.63) is 62.6 Å². The monoisotopic (exact) mass is 392 g/mol. The van der Waals surface area contributed by atoms with Gasteiger partial charge in [-0.2, -0.15) is 5.10 Å². The Morgan fingerprint density at radius 2 is 1.62 bits per heavy atom. The lowest BCUT2D eigenvalue weighted by Crippen LogP contribution is -2.17. The Balaban J connectivity index is 2.21. The number of phenolic OH excluding ortho intramolecular Hbond substituents is 1. The lowest BCUT2D eigenvalue weighted by molar-refractivity contribution is 0.0955. The van der Waals surface area contributed by atoms with Crippen LogP contribution in [0.25, 0.3) is 0 Å². The number of phenols is 1. The first kappa shape index (κ1) is 20.3. The van der Waals surface area contributed by atoms with Crippen LogP contribution in [0.1, 0.15) is 66.6 Å². The van der Waals surface area contributed by atoms with Crippen molar-refractivity contribution in [3.8, 4) is 5.75 Å². The summed E-state index contributed by atoms with van der Waals surface area (Å²) >= 11 is 11.8. The van der Waals surface area contributed by atoms with E-state index in [1.165, 1.54) is 6.07 Å². The molecule has 0 unspecified atom stereocenters. The van der Waals surface area contributed by atoms with Gasteiger partial charge in [0, 0.05) is 5.56 Å². The normalized spacial score (nSPS) is 11.5. The molecule has 0 spiro atoms. The van der Waals surface area contributed by atoms with Gasteiger partial charge in [-0.25, -0.2) is 5.43 Å². The number of hydrogen-bond acceptors (Lipinski definition) is 3. The summed E-state index contributed by atoms with van der Waals surface area (Å²) in [6.07, 6.45) is 1.56. The molecule has 2 rings (SSSR count). The van der Waals surface area contributed by atoms with Gasteiger partial charge in [0.1, 0.15) is 5.75 Å². The maximum atomic E-state index is 12.1. The van der Waals surface area contributed by atoms with Gasteiger partial charge in [-0.15, -0.1) is 0 Å². The molecule has 1 amide bonds. The van der Waals surface area contributed by atoms with Crippen LogP contribution in [-0.4, -0.2) is 17.2 Å². The highest BCUT2D eigenvalue weighted by molar-refractivity contribution is 6.42. The average Bonchev–Trinajstić information content (AvgIpc) is 2.57. The predicted octanol–water partition coefficient (Wildman–Crippen LogP) is 5.71. The van der Waals surface area contributed by atoms with Crippen LogP contribution < -0.4 is 5.43 Å². The maximum absolute atomic E-state index is 12.1. The number of nitrogens with one attached hydrogen (secondary N) is 1. The zero-order valence-electron chi connectivity index (χ0n) is 15.2. The number of aromatic hydroxyl groups is 1. The van der Waals surface area contributed by atoms with E-state index in [2.05, 4.69) is 10.5 Å². The standard InChI is InChI=1S/C20H22Cl2N2O2/c1-11(2)15-7-13(8-16(12(3)4)19(15)25)10-23-24-20(26)14-5-6-17(21)18(22)9-14/h5-12,25H,1-4H3,(H,24,26)/b23-10-. The van der Waals surface area contributed by atoms with E-state index in [-0.39, 0.29) is 17.7 Å². The molecule has 0 heterocycles. The molecule has 2 aromatic rings. The summed E-state index contributed by atoms with van der Waals surface area (Å²) in [7, 11) is 0. The smallest absolute Gasteiger partial charge is 0.271 e. The van der Waals surface area contributed by atoms with Crippen molar-refractivity contribution in [1.29, 1.82) is 0 Å². The molecule has 6 heteroatoms. The third-order valence-corrected chi connectivity index (χ3v) is 4.74. The van der Waals surface area contributed by atoms with Crippen LogP contribution in [0.2, 0.25) is 10.0 Å². The molecule has 0 bridgehead atoms. The van der Waals surface area contributed by atoms with Crippen molar-refractivity contribution in [3.63, 3.8) is 0 Å². The Morgan fingerprint density at radius 1 is 1.04 bits per heavy atom. The number of carbonyl (C=O) groups is 1. The maximum Gasteiger partial charge on any atom is 0.271 e. The molecular weight excluding hydrogens is 371 g/mol. The fraction of sp³-hybridized carbons (Fsp3) is 0.300. The fourth-order valence-corrected chi connectivity index (χ4v) is 2.82. The summed E-state index contributed by atoms with van der Waals surface area (Å²) < 4.78 is 0. The van der Waals surface area contributed by atoms with E-state index in [4.69, 9.17) is 23.2 Å². The SMILES string of the molecule is CC(C)c1cc(/C=N\NC(=O)c2ccc(Cl)c(Cl)c2)cc(C(C)C)c1O. The minimum Gasteiger partial charge on any atom is -0.507 e. The molecule has 0 radical (unpaired) electrons. The van der Waals surface area contributed by atoms with Gasteiger partial charge >= 0.3 is 0 Å². The summed E-state index contributed by atoms with van der Waals surface area (Å²) in [5.41, 5.74) is 5.36. The highest BCUT2D eigenvalue weighted by Crippen LogP contribution is 2.34. The molecule has 138 valence electrons. The van der Waals surface area contributed by atoms with Crippen LogP contribution in [0.5, 0.6) is 5.75 Å². The highest BCUT2D eigenvalue weighted by atomic mass is 35.5. The second-order valence-electron chi connectivity index (χ2n) is 6.69. The number of hydrogen-bond donors (Lipinski definition) is 2. The predicted molar refractivity (Wildman–Crippen MR) is 108 cm³/mol. The summed E-state index contributed by atoms with van der Waals surface area (Å²) in [6.45, 7) is 8.08. The average molecular weight is 393 g/mol. The van der Waals surface area contributed by atoms with E-state index in [0.29, 0.717) is 21.4 Å². The Bertz CT molecular complexity index is 817. The molecule has 2 aromatic carbocycles. The van der Waals surface area contributed by atoms with Crippen LogP contribution in [-0.2, 0) is 0 Å². The van der Waals surface area contributed by atoms with Gasteiger partial charge in [-0.05, 0) is 58.9 Å². The number of benzene rings is 2. The molecule has 0 aliphatic heterocycles. The second kappa shape index (κ2) is 8.56. The van der Waals surface area contributed by atoms with Gasteiger partial charge in [0.05, 0.1) is 16.3 Å². The summed E-state index contributed by atoms with van der Waals surface area (Å²) in [4.78, 5) is 12.1. The second-order valence-corrected chi connectivity index (χ2v) is 7.50. The van der Waals surface area contributed by atoms with Gasteiger partial charge in [0.2, 0.25) is 0 Å². The number of carbonyl (C=O) groups excluding carboxylic acids is 1. The van der Waals surface area contributed by atoms with Crippen molar-refractivity contribution in [1.82, 2.24) is 5.43 Å². The molecule has 26 heavy (non-hydrogen) atoms. The third-order valence-electron chi connectivity index (χ3n) is 4.00. The Morgan fingerprint density at radius 3 is 2.12 bits per heavy atom. The van der Waals surface area contributed by atoms with E-state index in [1.807, 2.05) is 39.8 Å². The first-order valence-electron chi connectivity index (χ1n) is 8.36. The quantitative estimate of drug-likeness (QED) is 0.505. The topological polar surface area (TPSA) is 61.7 Å². The molecule has 0 aliphatic rings. The minimum absolute atomic E-state index is 0.173. The van der Waals surface area contributed by atoms with Crippen LogP contribution >= 0.6 is 23.2 Å². The van der Waals surface area contributed by atoms with Crippen LogP contribution in [0.15, 0.2) is 35.4 Å². The Kier molecular flexibility index (Phi) is 6.68. The first-order valence-corrected chi connectivity index (χ1v) is 9.11. The summed E-state index contributed by atoms with van der Waals surface area (Å²) in [6, 6.07) is 8.38. The van der Waals surface area contributed by atoms with E-state index in [9.17, 15) is 9.90 Å². The Labute approximate surface area is 163 Å². The molecule has 0 aromatic heterocycles. The van der Waals surface area contributed by atoms with Crippen LogP contribution in [0.3, 0.4) is 0 Å². The van der Waals surface area contributed by atoms with Crippen molar-refractivity contribution in [2.24, 2.45) is 5.10 Å². The molecule has 2 N–H and O–H groups in total. The summed E-state index contributed by atoms with van der Waals surface area (Å²) in [5, 5.41) is 15.1. The van der Waals surface area contributed by atoms with Crippen molar-refractivity contribution < 1.29 is 9.90 Å². The number of nitrogens with zero attached hydrogens (tertiary/aromatic N) is 1. The van der Waals surface area contributed by atoms with Crippen molar-refractivity contribution in [2.45, 2.75) is 39.5 Å². The molecule has 0 fully saturated rings. The molecule has 0 aliphatic carbocycles. The van der Waals surface area contributed by atoms with Crippen molar-refractivity contribution >= 4 is 35.3 Å². The van der Waals surface area contributed by atoms with Gasteiger partial charge < -0.3 is 5.11 Å². The first-order chi connectivity index (χ1) is 12.2. The van der Waals surface area contributed by atoms with E-state index in [0.717, 1.165) is 16.7 Å². The summed E-state index contributed by atoms with van der Waals surface area (Å²) in [5.74, 6) is 0.289. The number of rotatable bonds is 5. The largest absolute Gasteiger partial charge is 0.507 e. The molecule has 0 saturated carbocycles. The fourth-order valence-electron chi connectivity index (χ4n) is 2.53. The number of amides is 1. The Hall–Kier alpha value is -2.04. The third kappa shape index (κ3) is 4.77. The van der Waals surface area contributed by atoms with E-state index in [1.54, 1.807) is 18.3 Å². The number of halogens is 2.